The van der Waals surface area contributed by atoms with Crippen LogP contribution in [0.4, 0.5) is 10.1 Å². The molecule has 2 rings (SSSR count). The second kappa shape index (κ2) is 10.9. The van der Waals surface area contributed by atoms with Gasteiger partial charge in [-0.2, -0.15) is 0 Å². The number of sulfonamides is 1. The molecule has 3 N–H and O–H groups in total. The summed E-state index contributed by atoms with van der Waals surface area (Å²) in [4.78, 5) is 8.33. The van der Waals surface area contributed by atoms with Gasteiger partial charge in [0.25, 0.3) is 0 Å². The maximum Gasteiger partial charge on any atom is 0.231 e. The van der Waals surface area contributed by atoms with Gasteiger partial charge in [-0.25, -0.2) is 22.4 Å². The van der Waals surface area contributed by atoms with Crippen LogP contribution >= 0.6 is 39.5 Å². The number of amidine groups is 2. The van der Waals surface area contributed by atoms with Crippen LogP contribution in [0.2, 0.25) is 0 Å². The SMILES string of the molecule is CSC(=NCCSc1nonc1C(=Nc1ccc(F)c(Br)c1)NO)NS(C)(=O)=O. The summed E-state index contributed by atoms with van der Waals surface area (Å²) in [6, 6.07) is 4.08. The molecule has 158 valence electrons. The Labute approximate surface area is 182 Å². The van der Waals surface area contributed by atoms with Crippen molar-refractivity contribution in [2.75, 3.05) is 24.8 Å². The van der Waals surface area contributed by atoms with E-state index in [1.165, 1.54) is 41.7 Å². The topological polar surface area (TPSA) is 142 Å². The number of aromatic nitrogens is 2. The number of halogens is 2. The zero-order valence-electron chi connectivity index (χ0n) is 15.1. The number of rotatable bonds is 7. The highest BCUT2D eigenvalue weighted by atomic mass is 79.9. The summed E-state index contributed by atoms with van der Waals surface area (Å²) in [5.74, 6) is -0.0611. The molecule has 29 heavy (non-hydrogen) atoms. The van der Waals surface area contributed by atoms with Crippen molar-refractivity contribution in [3.05, 3.63) is 34.2 Å². The van der Waals surface area contributed by atoms with Gasteiger partial charge in [0.15, 0.2) is 21.7 Å². The quantitative estimate of drug-likeness (QED) is 0.163. The molecule has 15 heteroatoms. The van der Waals surface area contributed by atoms with E-state index in [4.69, 9.17) is 4.63 Å². The van der Waals surface area contributed by atoms with Gasteiger partial charge in [-0.05, 0) is 50.7 Å². The average molecular weight is 527 g/mol. The molecule has 0 radical (unpaired) electrons. The smallest absolute Gasteiger partial charge is 0.231 e. The fourth-order valence-electron chi connectivity index (χ4n) is 1.82. The number of aliphatic imine (C=N–C) groups is 2. The minimum atomic E-state index is -3.40. The number of hydrogen-bond acceptors (Lipinski definition) is 10. The third-order valence-corrected chi connectivity index (χ3v) is 5.83. The first-order chi connectivity index (χ1) is 13.7. The Morgan fingerprint density at radius 1 is 1.41 bits per heavy atom. The number of thioether (sulfide) groups is 2. The van der Waals surface area contributed by atoms with E-state index in [0.717, 1.165) is 6.26 Å². The molecular formula is C14H16BrFN6O4S3. The molecule has 0 aliphatic heterocycles. The summed E-state index contributed by atoms with van der Waals surface area (Å²) < 4.78 is 43.1. The molecule has 0 bridgehead atoms. The lowest BCUT2D eigenvalue weighted by Crippen LogP contribution is -2.27. The van der Waals surface area contributed by atoms with Gasteiger partial charge in [-0.15, -0.1) is 0 Å². The summed E-state index contributed by atoms with van der Waals surface area (Å²) >= 11 is 5.46. The van der Waals surface area contributed by atoms with Crippen molar-refractivity contribution in [1.82, 2.24) is 20.5 Å². The Balaban J connectivity index is 2.09. The highest BCUT2D eigenvalue weighted by Gasteiger charge is 2.17. The van der Waals surface area contributed by atoms with E-state index in [1.807, 2.05) is 5.48 Å². The first-order valence-electron chi connectivity index (χ1n) is 7.69. The number of benzene rings is 1. The van der Waals surface area contributed by atoms with Gasteiger partial charge in [0.2, 0.25) is 10.0 Å². The van der Waals surface area contributed by atoms with Gasteiger partial charge >= 0.3 is 0 Å². The Kier molecular flexibility index (Phi) is 8.88. The molecule has 1 aromatic carbocycles. The molecule has 0 unspecified atom stereocenters. The first-order valence-corrected chi connectivity index (χ1v) is 12.6. The molecule has 0 atom stereocenters. The second-order valence-electron chi connectivity index (χ2n) is 5.20. The zero-order chi connectivity index (χ0) is 21.4. The fraction of sp³-hybridized carbons (Fsp3) is 0.286. The molecule has 0 spiro atoms. The lowest BCUT2D eigenvalue weighted by molar-refractivity contribution is 0.234. The van der Waals surface area contributed by atoms with Crippen molar-refractivity contribution in [1.29, 1.82) is 0 Å². The molecule has 0 saturated carbocycles. The minimum Gasteiger partial charge on any atom is -0.290 e. The van der Waals surface area contributed by atoms with Crippen LogP contribution in [0, 0.1) is 5.82 Å². The van der Waals surface area contributed by atoms with E-state index in [9.17, 15) is 18.0 Å². The molecule has 10 nitrogen and oxygen atoms in total. The third-order valence-electron chi connectivity index (χ3n) is 2.98. The highest BCUT2D eigenvalue weighted by molar-refractivity contribution is 9.10. The fourth-order valence-corrected chi connectivity index (χ4v) is 4.31. The predicted octanol–water partition coefficient (Wildman–Crippen LogP) is 2.39. The van der Waals surface area contributed by atoms with Crippen LogP contribution in [0.15, 0.2) is 42.3 Å². The largest absolute Gasteiger partial charge is 0.290 e. The average Bonchev–Trinajstić information content (AvgIpc) is 3.12. The van der Waals surface area contributed by atoms with E-state index < -0.39 is 15.8 Å². The van der Waals surface area contributed by atoms with Gasteiger partial charge in [-0.1, -0.05) is 23.5 Å². The van der Waals surface area contributed by atoms with E-state index in [1.54, 1.807) is 6.26 Å². The van der Waals surface area contributed by atoms with Gasteiger partial charge in [0.05, 0.1) is 23.0 Å². The summed E-state index contributed by atoms with van der Waals surface area (Å²) in [6.45, 7) is 0.291. The summed E-state index contributed by atoms with van der Waals surface area (Å²) in [5, 5.41) is 17.5. The molecule has 0 aliphatic rings. The predicted molar refractivity (Wildman–Crippen MR) is 114 cm³/mol. The molecule has 1 heterocycles. The minimum absolute atomic E-state index is 0.0423. The maximum absolute atomic E-state index is 13.4. The van der Waals surface area contributed by atoms with Crippen molar-refractivity contribution < 1.29 is 22.6 Å². The van der Waals surface area contributed by atoms with Crippen LogP contribution in [0.25, 0.3) is 0 Å². The van der Waals surface area contributed by atoms with E-state index in [0.29, 0.717) is 23.0 Å². The van der Waals surface area contributed by atoms with E-state index in [2.05, 4.69) is 41.0 Å². The van der Waals surface area contributed by atoms with Crippen LogP contribution < -0.4 is 10.2 Å². The standard InChI is InChI=1S/C14H16BrFN6O4S3/c1-27-14(22-29(2,24)25)17-5-6-28-13-11(20-26-21-13)12(19-23)18-8-3-4-10(16)9(15)7-8/h3-4,7,23H,5-6H2,1-2H3,(H,17,22)(H,18,19). The normalized spacial score (nSPS) is 12.9. The first kappa shape index (κ1) is 23.6. The summed E-state index contributed by atoms with van der Waals surface area (Å²) in [5.41, 5.74) is 2.44. The van der Waals surface area contributed by atoms with Crippen molar-refractivity contribution >= 4 is 66.2 Å². The molecule has 0 amide bonds. The Morgan fingerprint density at radius 3 is 2.79 bits per heavy atom. The Bertz CT molecular complexity index is 1010. The third kappa shape index (κ3) is 7.58. The second-order valence-corrected chi connectivity index (χ2v) is 9.68. The molecule has 0 fully saturated rings. The monoisotopic (exact) mass is 526 g/mol. The lowest BCUT2D eigenvalue weighted by atomic mass is 10.3. The van der Waals surface area contributed by atoms with E-state index >= 15 is 0 Å². The number of hydrogen-bond donors (Lipinski definition) is 3. The molecule has 2 aromatic rings. The van der Waals surface area contributed by atoms with Crippen molar-refractivity contribution in [2.24, 2.45) is 9.98 Å². The lowest BCUT2D eigenvalue weighted by Gasteiger charge is -2.05. The Hall–Kier alpha value is -1.68. The molecule has 0 saturated heterocycles. The van der Waals surface area contributed by atoms with Crippen LogP contribution in [0.5, 0.6) is 0 Å². The van der Waals surface area contributed by atoms with Crippen LogP contribution in [-0.4, -0.2) is 59.8 Å². The van der Waals surface area contributed by atoms with Gasteiger partial charge in [0, 0.05) is 5.75 Å². The maximum atomic E-state index is 13.4. The van der Waals surface area contributed by atoms with Crippen molar-refractivity contribution in [3.8, 4) is 0 Å². The summed E-state index contributed by atoms with van der Waals surface area (Å²) in [7, 11) is -3.40. The van der Waals surface area contributed by atoms with Crippen LogP contribution in [0.1, 0.15) is 5.69 Å². The summed E-state index contributed by atoms with van der Waals surface area (Å²) in [6.07, 6.45) is 2.75. The molecule has 0 aliphatic carbocycles. The Morgan fingerprint density at radius 2 is 2.17 bits per heavy atom. The van der Waals surface area contributed by atoms with Crippen molar-refractivity contribution in [2.45, 2.75) is 5.03 Å². The van der Waals surface area contributed by atoms with Crippen LogP contribution in [-0.2, 0) is 10.0 Å². The molecule has 1 aromatic heterocycles. The highest BCUT2D eigenvalue weighted by Crippen LogP contribution is 2.24. The van der Waals surface area contributed by atoms with Gasteiger partial charge in [0.1, 0.15) is 5.82 Å². The molecular weight excluding hydrogens is 511 g/mol. The van der Waals surface area contributed by atoms with Crippen molar-refractivity contribution in [3.63, 3.8) is 0 Å². The van der Waals surface area contributed by atoms with Gasteiger partial charge in [-0.3, -0.25) is 20.4 Å². The zero-order valence-corrected chi connectivity index (χ0v) is 19.1. The number of hydroxylamine groups is 1. The van der Waals surface area contributed by atoms with Gasteiger partial charge < -0.3 is 0 Å². The number of nitrogens with zero attached hydrogens (tertiary/aromatic N) is 4. The number of nitrogens with one attached hydrogen (secondary N) is 2. The van der Waals surface area contributed by atoms with Crippen LogP contribution in [0.3, 0.4) is 0 Å². The van der Waals surface area contributed by atoms with E-state index in [-0.39, 0.29) is 21.2 Å².